The van der Waals surface area contributed by atoms with Crippen LogP contribution in [0.4, 0.5) is 0 Å². The molecule has 0 unspecified atom stereocenters. The molecule has 0 saturated carbocycles. The quantitative estimate of drug-likeness (QED) is 0.194. The molecule has 0 aliphatic heterocycles. The van der Waals surface area contributed by atoms with Gasteiger partial charge in [0.25, 0.3) is 0 Å². The average molecular weight is 533 g/mol. The van der Waals surface area contributed by atoms with Crippen LogP contribution in [0.15, 0.2) is 146 Å². The molecule has 0 heterocycles. The van der Waals surface area contributed by atoms with Crippen LogP contribution >= 0.6 is 0 Å². The van der Waals surface area contributed by atoms with Gasteiger partial charge in [-0.1, -0.05) is 133 Å². The average Bonchev–Trinajstić information content (AvgIpc) is 3.06. The van der Waals surface area contributed by atoms with Crippen molar-refractivity contribution in [1.29, 1.82) is 0 Å². The second-order valence-electron chi connectivity index (χ2n) is 11.6. The van der Waals surface area contributed by atoms with Gasteiger partial charge in [-0.25, -0.2) is 0 Å². The zero-order valence-corrected chi connectivity index (χ0v) is 23.3. The van der Waals surface area contributed by atoms with E-state index >= 15 is 0 Å². The fourth-order valence-corrected chi connectivity index (χ4v) is 7.39. The Morgan fingerprint density at radius 2 is 0.786 bits per heavy atom. The standard InChI is InChI=1S/C42H28/c1-2-11-31-25-32(23-17-27(31)9-1)41-35-13-5-7-15-37(35)42(38-16-8-6-14-36(38)41)33-24-20-29-19-22-30-21-18-28-10-3-4-12-34(28)40(30)39(29)26-33/h1-18,20-21,23-26H,19,22H2. The number of fused-ring (bicyclic) bond motifs is 8. The van der Waals surface area contributed by atoms with Crippen molar-refractivity contribution in [3.05, 3.63) is 157 Å². The van der Waals surface area contributed by atoms with E-state index in [4.69, 9.17) is 0 Å². The lowest BCUT2D eigenvalue weighted by atomic mass is 9.80. The number of benzene rings is 8. The van der Waals surface area contributed by atoms with Crippen LogP contribution < -0.4 is 0 Å². The van der Waals surface area contributed by atoms with Gasteiger partial charge < -0.3 is 0 Å². The maximum absolute atomic E-state index is 2.48. The molecule has 0 spiro atoms. The number of hydrogen-bond donors (Lipinski definition) is 0. The van der Waals surface area contributed by atoms with Crippen molar-refractivity contribution in [2.75, 3.05) is 0 Å². The van der Waals surface area contributed by atoms with E-state index < -0.39 is 0 Å². The molecule has 8 aromatic carbocycles. The third-order valence-electron chi connectivity index (χ3n) is 9.32. The van der Waals surface area contributed by atoms with Crippen molar-refractivity contribution >= 4 is 43.1 Å². The molecule has 8 aromatic rings. The molecule has 0 heteroatoms. The molecule has 196 valence electrons. The molecule has 0 nitrogen and oxygen atoms in total. The summed E-state index contributed by atoms with van der Waals surface area (Å²) in [6, 6.07) is 54.2. The van der Waals surface area contributed by atoms with Crippen molar-refractivity contribution in [1.82, 2.24) is 0 Å². The highest BCUT2D eigenvalue weighted by molar-refractivity contribution is 6.22. The first-order valence-electron chi connectivity index (χ1n) is 14.9. The topological polar surface area (TPSA) is 0 Å². The number of rotatable bonds is 2. The van der Waals surface area contributed by atoms with Gasteiger partial charge in [-0.2, -0.15) is 0 Å². The first-order valence-corrected chi connectivity index (χ1v) is 14.9. The lowest BCUT2D eigenvalue weighted by molar-refractivity contribution is 0.945. The Kier molecular flexibility index (Phi) is 5.12. The van der Waals surface area contributed by atoms with Crippen LogP contribution in [0.1, 0.15) is 11.1 Å². The third-order valence-corrected chi connectivity index (χ3v) is 9.32. The molecule has 0 fully saturated rings. The Balaban J connectivity index is 1.35. The van der Waals surface area contributed by atoms with Gasteiger partial charge in [0.15, 0.2) is 0 Å². The SMILES string of the molecule is c1ccc2cc(-c3c4ccccc4c(-c4ccc5c(c4)-c4c(ccc6ccccc46)CC5)c4ccccc34)ccc2c1. The van der Waals surface area contributed by atoms with Crippen LogP contribution in [0.2, 0.25) is 0 Å². The largest absolute Gasteiger partial charge is 0.0616 e. The highest BCUT2D eigenvalue weighted by Gasteiger charge is 2.21. The minimum Gasteiger partial charge on any atom is -0.0616 e. The second-order valence-corrected chi connectivity index (χ2v) is 11.6. The Labute approximate surface area is 245 Å². The third kappa shape index (κ3) is 3.49. The molecule has 0 N–H and O–H groups in total. The summed E-state index contributed by atoms with van der Waals surface area (Å²) in [5.41, 5.74) is 10.9. The Hall–Kier alpha value is -5.20. The Morgan fingerprint density at radius 3 is 1.48 bits per heavy atom. The summed E-state index contributed by atoms with van der Waals surface area (Å²) in [6.07, 6.45) is 2.18. The monoisotopic (exact) mass is 532 g/mol. The highest BCUT2D eigenvalue weighted by atomic mass is 14.2. The molecule has 9 rings (SSSR count). The van der Waals surface area contributed by atoms with E-state index in [9.17, 15) is 0 Å². The summed E-state index contributed by atoms with van der Waals surface area (Å²) in [5, 5.41) is 10.4. The molecule has 0 atom stereocenters. The van der Waals surface area contributed by atoms with Crippen LogP contribution in [0, 0.1) is 0 Å². The molecule has 42 heavy (non-hydrogen) atoms. The smallest absolute Gasteiger partial charge is 0.00262 e. The van der Waals surface area contributed by atoms with Crippen molar-refractivity contribution in [3.8, 4) is 33.4 Å². The molecule has 0 amide bonds. The summed E-state index contributed by atoms with van der Waals surface area (Å²) < 4.78 is 0. The summed E-state index contributed by atoms with van der Waals surface area (Å²) in [4.78, 5) is 0. The van der Waals surface area contributed by atoms with Crippen molar-refractivity contribution < 1.29 is 0 Å². The van der Waals surface area contributed by atoms with E-state index in [0.717, 1.165) is 12.8 Å². The van der Waals surface area contributed by atoms with Crippen molar-refractivity contribution in [3.63, 3.8) is 0 Å². The van der Waals surface area contributed by atoms with Crippen LogP contribution in [-0.2, 0) is 12.8 Å². The molecular weight excluding hydrogens is 504 g/mol. The molecule has 0 radical (unpaired) electrons. The fourth-order valence-electron chi connectivity index (χ4n) is 7.39. The van der Waals surface area contributed by atoms with Crippen LogP contribution in [0.3, 0.4) is 0 Å². The van der Waals surface area contributed by atoms with Gasteiger partial charge in [0, 0.05) is 0 Å². The van der Waals surface area contributed by atoms with E-state index in [-0.39, 0.29) is 0 Å². The fraction of sp³-hybridized carbons (Fsp3) is 0.0476. The maximum atomic E-state index is 2.48. The predicted octanol–water partition coefficient (Wildman–Crippen LogP) is 11.4. The predicted molar refractivity (Wildman–Crippen MR) is 180 cm³/mol. The second kappa shape index (κ2) is 9.16. The van der Waals surface area contributed by atoms with E-state index in [2.05, 4.69) is 146 Å². The maximum Gasteiger partial charge on any atom is -0.00262 e. The summed E-state index contributed by atoms with van der Waals surface area (Å²) in [7, 11) is 0. The lowest BCUT2D eigenvalue weighted by Crippen LogP contribution is -2.05. The summed E-state index contributed by atoms with van der Waals surface area (Å²) in [5.74, 6) is 0. The molecule has 0 bridgehead atoms. The van der Waals surface area contributed by atoms with Crippen molar-refractivity contribution in [2.24, 2.45) is 0 Å². The number of aryl methyl sites for hydroxylation is 2. The van der Waals surface area contributed by atoms with Crippen LogP contribution in [-0.4, -0.2) is 0 Å². The van der Waals surface area contributed by atoms with Gasteiger partial charge >= 0.3 is 0 Å². The minimum atomic E-state index is 1.09. The van der Waals surface area contributed by atoms with Gasteiger partial charge in [0.05, 0.1) is 0 Å². The van der Waals surface area contributed by atoms with Gasteiger partial charge in [-0.15, -0.1) is 0 Å². The molecule has 1 aliphatic rings. The summed E-state index contributed by atoms with van der Waals surface area (Å²) >= 11 is 0. The zero-order chi connectivity index (χ0) is 27.6. The van der Waals surface area contributed by atoms with E-state index in [0.29, 0.717) is 0 Å². The van der Waals surface area contributed by atoms with Crippen molar-refractivity contribution in [2.45, 2.75) is 12.8 Å². The van der Waals surface area contributed by atoms with E-state index in [1.165, 1.54) is 87.6 Å². The highest BCUT2D eigenvalue weighted by Crippen LogP contribution is 2.46. The molecule has 0 aromatic heterocycles. The first kappa shape index (κ1) is 23.5. The lowest BCUT2D eigenvalue weighted by Gasteiger charge is -2.24. The van der Waals surface area contributed by atoms with Crippen LogP contribution in [0.5, 0.6) is 0 Å². The Morgan fingerprint density at radius 1 is 0.310 bits per heavy atom. The first-order chi connectivity index (χ1) is 20.8. The molecule has 1 aliphatic carbocycles. The van der Waals surface area contributed by atoms with E-state index in [1.54, 1.807) is 0 Å². The van der Waals surface area contributed by atoms with Gasteiger partial charge in [0.2, 0.25) is 0 Å². The zero-order valence-electron chi connectivity index (χ0n) is 23.3. The van der Waals surface area contributed by atoms with Gasteiger partial charge in [0.1, 0.15) is 0 Å². The van der Waals surface area contributed by atoms with Gasteiger partial charge in [-0.3, -0.25) is 0 Å². The Bertz CT molecular complexity index is 2300. The van der Waals surface area contributed by atoms with Crippen LogP contribution in [0.25, 0.3) is 76.5 Å². The van der Waals surface area contributed by atoms with E-state index in [1.807, 2.05) is 0 Å². The molecule has 0 saturated heterocycles. The summed E-state index contributed by atoms with van der Waals surface area (Å²) in [6.45, 7) is 0. The normalized spacial score (nSPS) is 12.6. The minimum absolute atomic E-state index is 1.09. The number of hydrogen-bond acceptors (Lipinski definition) is 0. The van der Waals surface area contributed by atoms with Gasteiger partial charge in [-0.05, 0) is 113 Å². The molecular formula is C42H28.